The molecule has 21 heavy (non-hydrogen) atoms. The van der Waals surface area contributed by atoms with E-state index in [-0.39, 0.29) is 6.61 Å². The first-order valence-corrected chi connectivity index (χ1v) is 6.76. The first kappa shape index (κ1) is 15.3. The Morgan fingerprint density at radius 2 is 2.29 bits per heavy atom. The summed E-state index contributed by atoms with van der Waals surface area (Å²) in [7, 11) is 1.77. The van der Waals surface area contributed by atoms with Gasteiger partial charge in [-0.3, -0.25) is 4.79 Å². The largest absolute Gasteiger partial charge is 0.396 e. The fraction of sp³-hybridized carbons (Fsp3) is 0.538. The number of anilines is 3. The first-order valence-electron chi connectivity index (χ1n) is 6.76. The Kier molecular flexibility index (Phi) is 4.49. The molecule has 1 saturated heterocycles. The number of aliphatic hydroxyl groups excluding tert-OH is 2. The Balaban J connectivity index is 2.31. The van der Waals surface area contributed by atoms with E-state index in [4.69, 9.17) is 16.6 Å². The normalized spacial score (nSPS) is 21.6. The summed E-state index contributed by atoms with van der Waals surface area (Å²) in [6.07, 6.45) is -0.316. The Morgan fingerprint density at radius 1 is 1.57 bits per heavy atom. The molecule has 1 aromatic heterocycles. The number of carbonyl (C=O) groups excluding carboxylic acids is 1. The number of aliphatic hydroxyl groups is 2. The summed E-state index contributed by atoms with van der Waals surface area (Å²) >= 11 is 0. The molecule has 8 heteroatoms. The van der Waals surface area contributed by atoms with Crippen LogP contribution in [0.2, 0.25) is 0 Å². The molecule has 1 aliphatic rings. The summed E-state index contributed by atoms with van der Waals surface area (Å²) in [4.78, 5) is 19.3. The highest BCUT2D eigenvalue weighted by Gasteiger charge is 2.35. The lowest BCUT2D eigenvalue weighted by Gasteiger charge is -2.26. The van der Waals surface area contributed by atoms with Crippen molar-refractivity contribution >= 4 is 23.2 Å². The highest BCUT2D eigenvalue weighted by Crippen LogP contribution is 2.28. The molecule has 2 unspecified atom stereocenters. The number of amides is 1. The maximum atomic E-state index is 11.5. The molecule has 0 saturated carbocycles. The Hall–Kier alpha value is -2.06. The molecule has 1 amide bonds. The number of β-amino-alcohol motifs (C(OH)–C–C–N with tert-alkyl or cyclic N) is 1. The second-order valence-corrected chi connectivity index (χ2v) is 5.19. The van der Waals surface area contributed by atoms with Crippen LogP contribution in [0.4, 0.5) is 17.3 Å². The van der Waals surface area contributed by atoms with Crippen LogP contribution in [0, 0.1) is 0 Å². The molecule has 0 aliphatic carbocycles. The van der Waals surface area contributed by atoms with Crippen LogP contribution < -0.4 is 21.3 Å². The molecule has 0 radical (unpaired) electrons. The second-order valence-electron chi connectivity index (χ2n) is 5.19. The first-order chi connectivity index (χ1) is 9.93. The van der Waals surface area contributed by atoms with Gasteiger partial charge >= 0.3 is 0 Å². The topological polar surface area (TPSA) is 129 Å². The molecule has 2 atom stereocenters. The molecule has 116 valence electrons. The van der Waals surface area contributed by atoms with Crippen molar-refractivity contribution < 1.29 is 15.0 Å². The minimum atomic E-state index is -0.611. The van der Waals surface area contributed by atoms with Crippen LogP contribution >= 0.6 is 0 Å². The van der Waals surface area contributed by atoms with Crippen LogP contribution in [0.5, 0.6) is 0 Å². The molecular weight excluding hydrogens is 274 g/mol. The second kappa shape index (κ2) is 6.15. The van der Waals surface area contributed by atoms with Gasteiger partial charge in [-0.05, 0) is 12.1 Å². The zero-order valence-electron chi connectivity index (χ0n) is 11.9. The summed E-state index contributed by atoms with van der Waals surface area (Å²) in [5.74, 6) is 0.561. The fourth-order valence-corrected chi connectivity index (χ4v) is 2.51. The van der Waals surface area contributed by atoms with Gasteiger partial charge in [0, 0.05) is 26.6 Å². The smallest absolute Gasteiger partial charge is 0.240 e. The monoisotopic (exact) mass is 295 g/mol. The SMILES string of the molecule is CN(CCO)c1nc(N2CC(O)CC2C(N)=O)ccc1N. The van der Waals surface area contributed by atoms with E-state index in [9.17, 15) is 9.90 Å². The third-order valence-electron chi connectivity index (χ3n) is 3.59. The molecule has 6 N–H and O–H groups in total. The molecule has 0 aromatic carbocycles. The predicted molar refractivity (Wildman–Crippen MR) is 80.0 cm³/mol. The van der Waals surface area contributed by atoms with Gasteiger partial charge in [0.15, 0.2) is 5.82 Å². The number of pyridine rings is 1. The molecule has 1 aliphatic heterocycles. The van der Waals surface area contributed by atoms with Gasteiger partial charge in [-0.1, -0.05) is 0 Å². The van der Waals surface area contributed by atoms with Gasteiger partial charge in [0.1, 0.15) is 11.9 Å². The van der Waals surface area contributed by atoms with Crippen LogP contribution in [-0.4, -0.2) is 60.0 Å². The van der Waals surface area contributed by atoms with Crippen LogP contribution in [0.15, 0.2) is 12.1 Å². The van der Waals surface area contributed by atoms with Crippen molar-refractivity contribution in [3.63, 3.8) is 0 Å². The van der Waals surface area contributed by atoms with E-state index in [1.54, 1.807) is 29.0 Å². The average molecular weight is 295 g/mol. The number of aromatic nitrogens is 1. The maximum Gasteiger partial charge on any atom is 0.240 e. The van der Waals surface area contributed by atoms with Crippen molar-refractivity contribution in [1.82, 2.24) is 4.98 Å². The molecule has 0 bridgehead atoms. The van der Waals surface area contributed by atoms with Crippen molar-refractivity contribution in [2.45, 2.75) is 18.6 Å². The lowest BCUT2D eigenvalue weighted by atomic mass is 10.2. The molecule has 1 aromatic rings. The van der Waals surface area contributed by atoms with Crippen LogP contribution in [-0.2, 0) is 4.79 Å². The average Bonchev–Trinajstić information content (AvgIpc) is 2.82. The number of rotatable bonds is 5. The molecule has 0 spiro atoms. The minimum absolute atomic E-state index is 0.0197. The molecule has 1 fully saturated rings. The van der Waals surface area contributed by atoms with Crippen molar-refractivity contribution in [2.75, 3.05) is 42.3 Å². The van der Waals surface area contributed by atoms with Crippen LogP contribution in [0.3, 0.4) is 0 Å². The predicted octanol–water partition coefficient (Wildman–Crippen LogP) is -1.48. The van der Waals surface area contributed by atoms with Gasteiger partial charge in [-0.15, -0.1) is 0 Å². The summed E-state index contributed by atoms with van der Waals surface area (Å²) in [5.41, 5.74) is 11.7. The van der Waals surface area contributed by atoms with E-state index in [1.807, 2.05) is 0 Å². The summed E-state index contributed by atoms with van der Waals surface area (Å²) in [6, 6.07) is 2.81. The molecule has 8 nitrogen and oxygen atoms in total. The van der Waals surface area contributed by atoms with Gasteiger partial charge in [-0.25, -0.2) is 4.98 Å². The van der Waals surface area contributed by atoms with Crippen molar-refractivity contribution in [1.29, 1.82) is 0 Å². The molecule has 2 rings (SSSR count). The number of hydrogen-bond donors (Lipinski definition) is 4. The number of nitrogens with zero attached hydrogens (tertiary/aromatic N) is 3. The third-order valence-corrected chi connectivity index (χ3v) is 3.59. The van der Waals surface area contributed by atoms with E-state index in [0.29, 0.717) is 36.8 Å². The minimum Gasteiger partial charge on any atom is -0.396 e. The summed E-state index contributed by atoms with van der Waals surface area (Å²) < 4.78 is 0. The fourth-order valence-electron chi connectivity index (χ4n) is 2.51. The van der Waals surface area contributed by atoms with E-state index in [0.717, 1.165) is 0 Å². The lowest BCUT2D eigenvalue weighted by Crippen LogP contribution is -2.41. The van der Waals surface area contributed by atoms with Crippen LogP contribution in [0.25, 0.3) is 0 Å². The van der Waals surface area contributed by atoms with E-state index >= 15 is 0 Å². The van der Waals surface area contributed by atoms with Gasteiger partial charge < -0.3 is 31.5 Å². The zero-order chi connectivity index (χ0) is 15.6. The Labute approximate surface area is 123 Å². The van der Waals surface area contributed by atoms with Crippen molar-refractivity contribution in [3.8, 4) is 0 Å². The van der Waals surface area contributed by atoms with Crippen molar-refractivity contribution in [3.05, 3.63) is 12.1 Å². The summed E-state index contributed by atoms with van der Waals surface area (Å²) in [6.45, 7) is 0.671. The van der Waals surface area contributed by atoms with E-state index in [2.05, 4.69) is 4.98 Å². The van der Waals surface area contributed by atoms with E-state index < -0.39 is 18.1 Å². The van der Waals surface area contributed by atoms with Gasteiger partial charge in [-0.2, -0.15) is 0 Å². The van der Waals surface area contributed by atoms with Crippen molar-refractivity contribution in [2.24, 2.45) is 5.73 Å². The van der Waals surface area contributed by atoms with Gasteiger partial charge in [0.05, 0.1) is 18.4 Å². The number of hydrogen-bond acceptors (Lipinski definition) is 7. The molecule has 2 heterocycles. The number of nitrogen functional groups attached to an aromatic ring is 1. The van der Waals surface area contributed by atoms with Gasteiger partial charge in [0.2, 0.25) is 5.91 Å². The number of likely N-dealkylation sites (N-methyl/N-ethyl adjacent to an activating group) is 1. The van der Waals surface area contributed by atoms with Gasteiger partial charge in [0.25, 0.3) is 0 Å². The zero-order valence-corrected chi connectivity index (χ0v) is 11.9. The quantitative estimate of drug-likeness (QED) is 0.521. The number of primary amides is 1. The maximum absolute atomic E-state index is 11.5. The Bertz CT molecular complexity index is 525. The highest BCUT2D eigenvalue weighted by molar-refractivity contribution is 5.84. The van der Waals surface area contributed by atoms with Crippen LogP contribution in [0.1, 0.15) is 6.42 Å². The highest BCUT2D eigenvalue weighted by atomic mass is 16.3. The number of carbonyl (C=O) groups is 1. The third kappa shape index (κ3) is 3.17. The van der Waals surface area contributed by atoms with E-state index in [1.165, 1.54) is 0 Å². The lowest BCUT2D eigenvalue weighted by molar-refractivity contribution is -0.119. The Morgan fingerprint density at radius 3 is 2.90 bits per heavy atom. The molecular formula is C13H21N5O3. The number of nitrogens with two attached hydrogens (primary N) is 2. The standard InChI is InChI=1S/C13H21N5O3/c1-17(4-5-19)13-9(14)2-3-11(16-13)18-7-8(20)6-10(18)12(15)21/h2-3,8,10,19-20H,4-7,14H2,1H3,(H2,15,21). The summed E-state index contributed by atoms with van der Waals surface area (Å²) in [5, 5.41) is 18.8.